The number of hydrogen-bond donors (Lipinski definition) is 2. The van der Waals surface area contributed by atoms with Crippen molar-refractivity contribution in [3.8, 4) is 5.75 Å². The Morgan fingerprint density at radius 3 is 2.62 bits per heavy atom. The monoisotopic (exact) mass is 292 g/mol. The van der Waals surface area contributed by atoms with E-state index in [0.29, 0.717) is 19.5 Å². The molecule has 1 aliphatic rings. The molecule has 1 fully saturated rings. The lowest BCUT2D eigenvalue weighted by molar-refractivity contribution is -0.130. The first-order chi connectivity index (χ1) is 10.2. The summed E-state index contributed by atoms with van der Waals surface area (Å²) in [7, 11) is 1.62. The van der Waals surface area contributed by atoms with Crippen molar-refractivity contribution in [2.75, 3.05) is 33.3 Å². The fourth-order valence-electron chi connectivity index (χ4n) is 2.50. The number of aliphatic hydroxyl groups excluding tert-OH is 1. The van der Waals surface area contributed by atoms with Crippen molar-refractivity contribution in [2.45, 2.75) is 25.4 Å². The molecule has 0 radical (unpaired) electrons. The zero-order valence-corrected chi connectivity index (χ0v) is 12.5. The van der Waals surface area contributed by atoms with Gasteiger partial charge in [-0.3, -0.25) is 4.79 Å². The standard InChI is InChI=1S/C16H24N2O3/c1-21-14-6-4-13(5-7-14)15(19)12-17-9-8-16(20)18-10-2-3-11-18/h4-7,15,17,19H,2-3,8-12H2,1H3. The second-order valence-corrected chi connectivity index (χ2v) is 5.33. The van der Waals surface area contributed by atoms with Gasteiger partial charge in [-0.1, -0.05) is 12.1 Å². The maximum Gasteiger partial charge on any atom is 0.223 e. The summed E-state index contributed by atoms with van der Waals surface area (Å²) in [5.74, 6) is 0.981. The van der Waals surface area contributed by atoms with Crippen LogP contribution in [-0.2, 0) is 4.79 Å². The van der Waals surface area contributed by atoms with Gasteiger partial charge in [0.1, 0.15) is 5.75 Å². The van der Waals surface area contributed by atoms with Crippen molar-refractivity contribution in [3.63, 3.8) is 0 Å². The van der Waals surface area contributed by atoms with Gasteiger partial charge in [-0.25, -0.2) is 0 Å². The number of rotatable bonds is 7. The first kappa shape index (κ1) is 15.8. The van der Waals surface area contributed by atoms with Crippen LogP contribution in [0, 0.1) is 0 Å². The lowest BCUT2D eigenvalue weighted by atomic mass is 10.1. The summed E-state index contributed by atoms with van der Waals surface area (Å²) in [5, 5.41) is 13.2. The fourth-order valence-corrected chi connectivity index (χ4v) is 2.50. The van der Waals surface area contributed by atoms with E-state index >= 15 is 0 Å². The van der Waals surface area contributed by atoms with Gasteiger partial charge in [0.25, 0.3) is 0 Å². The van der Waals surface area contributed by atoms with Gasteiger partial charge in [-0.2, -0.15) is 0 Å². The van der Waals surface area contributed by atoms with Crippen LogP contribution in [0.15, 0.2) is 24.3 Å². The quantitative estimate of drug-likeness (QED) is 0.744. The van der Waals surface area contributed by atoms with E-state index in [9.17, 15) is 9.90 Å². The number of hydrogen-bond acceptors (Lipinski definition) is 4. The molecule has 2 N–H and O–H groups in total. The molecule has 21 heavy (non-hydrogen) atoms. The molecule has 0 aliphatic carbocycles. The molecule has 1 saturated heterocycles. The second-order valence-electron chi connectivity index (χ2n) is 5.33. The van der Waals surface area contributed by atoms with E-state index in [-0.39, 0.29) is 5.91 Å². The van der Waals surface area contributed by atoms with Crippen LogP contribution in [0.1, 0.15) is 30.9 Å². The molecule has 116 valence electrons. The minimum absolute atomic E-state index is 0.207. The van der Waals surface area contributed by atoms with Crippen molar-refractivity contribution < 1.29 is 14.6 Å². The Bertz CT molecular complexity index is 441. The van der Waals surface area contributed by atoms with Crippen molar-refractivity contribution in [2.24, 2.45) is 0 Å². The third-order valence-corrected chi connectivity index (χ3v) is 3.81. The van der Waals surface area contributed by atoms with E-state index in [1.54, 1.807) is 7.11 Å². The third kappa shape index (κ3) is 4.72. The molecule has 1 heterocycles. The second kappa shape index (κ2) is 8.00. The summed E-state index contributed by atoms with van der Waals surface area (Å²) < 4.78 is 5.08. The maximum atomic E-state index is 11.8. The highest BCUT2D eigenvalue weighted by Gasteiger charge is 2.17. The number of methoxy groups -OCH3 is 1. The van der Waals surface area contributed by atoms with Gasteiger partial charge in [0, 0.05) is 32.6 Å². The number of ether oxygens (including phenoxy) is 1. The molecular formula is C16H24N2O3. The smallest absolute Gasteiger partial charge is 0.223 e. The molecular weight excluding hydrogens is 268 g/mol. The highest BCUT2D eigenvalue weighted by atomic mass is 16.5. The van der Waals surface area contributed by atoms with Crippen LogP contribution < -0.4 is 10.1 Å². The van der Waals surface area contributed by atoms with Crippen molar-refractivity contribution in [3.05, 3.63) is 29.8 Å². The number of benzene rings is 1. The molecule has 0 saturated carbocycles. The predicted molar refractivity (Wildman–Crippen MR) is 81.3 cm³/mol. The molecule has 1 aromatic rings. The van der Waals surface area contributed by atoms with Crippen molar-refractivity contribution in [1.82, 2.24) is 10.2 Å². The van der Waals surface area contributed by atoms with E-state index in [1.807, 2.05) is 29.2 Å². The minimum Gasteiger partial charge on any atom is -0.497 e. The highest BCUT2D eigenvalue weighted by Crippen LogP contribution is 2.17. The van der Waals surface area contributed by atoms with Gasteiger partial charge < -0.3 is 20.1 Å². The topological polar surface area (TPSA) is 61.8 Å². The molecule has 1 amide bonds. The van der Waals surface area contributed by atoms with Crippen LogP contribution in [-0.4, -0.2) is 49.2 Å². The molecule has 0 aromatic heterocycles. The average molecular weight is 292 g/mol. The molecule has 5 heteroatoms. The van der Waals surface area contributed by atoms with E-state index in [4.69, 9.17) is 4.74 Å². The van der Waals surface area contributed by atoms with E-state index in [0.717, 1.165) is 37.2 Å². The molecule has 1 atom stereocenters. The first-order valence-electron chi connectivity index (χ1n) is 7.51. The lowest BCUT2D eigenvalue weighted by Gasteiger charge is -2.16. The van der Waals surface area contributed by atoms with Crippen molar-refractivity contribution in [1.29, 1.82) is 0 Å². The summed E-state index contributed by atoms with van der Waals surface area (Å²) >= 11 is 0. The fraction of sp³-hybridized carbons (Fsp3) is 0.562. The van der Waals surface area contributed by atoms with Crippen LogP contribution in [0.25, 0.3) is 0 Å². The molecule has 2 rings (SSSR count). The first-order valence-corrected chi connectivity index (χ1v) is 7.51. The zero-order valence-electron chi connectivity index (χ0n) is 12.5. The molecule has 1 aliphatic heterocycles. The zero-order chi connectivity index (χ0) is 15.1. The van der Waals surface area contributed by atoms with Crippen LogP contribution in [0.5, 0.6) is 5.75 Å². The number of aliphatic hydroxyl groups is 1. The number of likely N-dealkylation sites (tertiary alicyclic amines) is 1. The maximum absolute atomic E-state index is 11.8. The lowest BCUT2D eigenvalue weighted by Crippen LogP contribution is -2.31. The van der Waals surface area contributed by atoms with Crippen LogP contribution >= 0.6 is 0 Å². The van der Waals surface area contributed by atoms with Gasteiger partial charge in [0.2, 0.25) is 5.91 Å². The van der Waals surface area contributed by atoms with E-state index in [1.165, 1.54) is 0 Å². The van der Waals surface area contributed by atoms with Gasteiger partial charge >= 0.3 is 0 Å². The van der Waals surface area contributed by atoms with Crippen molar-refractivity contribution >= 4 is 5.91 Å². The normalized spacial score (nSPS) is 16.0. The third-order valence-electron chi connectivity index (χ3n) is 3.81. The number of carbonyl (C=O) groups is 1. The van der Waals surface area contributed by atoms with Crippen LogP contribution in [0.4, 0.5) is 0 Å². The minimum atomic E-state index is -0.571. The largest absolute Gasteiger partial charge is 0.497 e. The van der Waals surface area contributed by atoms with Crippen LogP contribution in [0.2, 0.25) is 0 Å². The predicted octanol–water partition coefficient (Wildman–Crippen LogP) is 1.33. The molecule has 0 bridgehead atoms. The summed E-state index contributed by atoms with van der Waals surface area (Å²) in [5.41, 5.74) is 0.842. The number of amides is 1. The van der Waals surface area contributed by atoms with E-state index < -0.39 is 6.10 Å². The SMILES string of the molecule is COc1ccc(C(O)CNCCC(=O)N2CCCC2)cc1. The Labute approximate surface area is 125 Å². The average Bonchev–Trinajstić information content (AvgIpc) is 3.05. The van der Waals surface area contributed by atoms with Gasteiger partial charge in [0.15, 0.2) is 0 Å². The summed E-state index contributed by atoms with van der Waals surface area (Å²) in [6.45, 7) is 2.84. The Morgan fingerprint density at radius 1 is 1.33 bits per heavy atom. The van der Waals surface area contributed by atoms with Crippen LogP contribution in [0.3, 0.4) is 0 Å². The van der Waals surface area contributed by atoms with E-state index in [2.05, 4.69) is 5.32 Å². The Kier molecular flexibility index (Phi) is 6.02. The molecule has 0 spiro atoms. The van der Waals surface area contributed by atoms with Gasteiger partial charge in [-0.15, -0.1) is 0 Å². The molecule has 1 aromatic carbocycles. The highest BCUT2D eigenvalue weighted by molar-refractivity contribution is 5.76. The van der Waals surface area contributed by atoms with Gasteiger partial charge in [0.05, 0.1) is 13.2 Å². The number of nitrogens with zero attached hydrogens (tertiary/aromatic N) is 1. The summed E-state index contributed by atoms with van der Waals surface area (Å²) in [4.78, 5) is 13.8. The Morgan fingerprint density at radius 2 is 2.00 bits per heavy atom. The number of nitrogens with one attached hydrogen (secondary N) is 1. The Balaban J connectivity index is 1.66. The molecule has 1 unspecified atom stereocenters. The Hall–Kier alpha value is -1.59. The summed E-state index contributed by atoms with van der Waals surface area (Å²) in [6.07, 6.45) is 2.16. The number of carbonyl (C=O) groups excluding carboxylic acids is 1. The van der Waals surface area contributed by atoms with Gasteiger partial charge in [-0.05, 0) is 30.5 Å². The summed E-state index contributed by atoms with van der Waals surface area (Å²) in [6, 6.07) is 7.35. The molecule has 5 nitrogen and oxygen atoms in total.